The molecule has 2 atom stereocenters. The second kappa shape index (κ2) is 5.50. The molecule has 0 aromatic carbocycles. The average Bonchev–Trinajstić information content (AvgIpc) is 2.38. The van der Waals surface area contributed by atoms with Crippen LogP contribution in [0.25, 0.3) is 0 Å². The molecule has 2 unspecified atom stereocenters. The summed E-state index contributed by atoms with van der Waals surface area (Å²) in [5.41, 5.74) is -0.245. The van der Waals surface area contributed by atoms with Crippen molar-refractivity contribution in [3.8, 4) is 0 Å². The molecule has 0 amide bonds. The van der Waals surface area contributed by atoms with Gasteiger partial charge in [-0.1, -0.05) is 0 Å². The van der Waals surface area contributed by atoms with E-state index in [0.29, 0.717) is 32.7 Å². The zero-order chi connectivity index (χ0) is 14.1. The number of carboxylic acids is 1. The first kappa shape index (κ1) is 14.9. The fraction of sp³-hybridized carbons (Fsp3) is 0.923. The molecule has 0 radical (unpaired) electrons. The van der Waals surface area contributed by atoms with E-state index in [4.69, 9.17) is 9.47 Å². The molecular weight excluding hydrogens is 268 g/mol. The lowest BCUT2D eigenvalue weighted by molar-refractivity contribution is -0.139. The summed E-state index contributed by atoms with van der Waals surface area (Å²) in [5, 5.41) is 9.10. The summed E-state index contributed by atoms with van der Waals surface area (Å²) in [6.07, 6.45) is 2.98. The van der Waals surface area contributed by atoms with Gasteiger partial charge in [0, 0.05) is 35.9 Å². The lowest BCUT2D eigenvalue weighted by atomic mass is 9.86. The van der Waals surface area contributed by atoms with E-state index < -0.39 is 21.5 Å². The topological polar surface area (TPSA) is 72.8 Å². The van der Waals surface area contributed by atoms with Crippen molar-refractivity contribution >= 4 is 16.8 Å². The molecule has 2 heterocycles. The third-order valence-corrected chi connectivity index (χ3v) is 6.36. The molecule has 2 saturated heterocycles. The Balaban J connectivity index is 2.09. The molecule has 5 nitrogen and oxygen atoms in total. The molecular formula is C13H22O5S. The maximum absolute atomic E-state index is 12.5. The SMILES string of the molecule is CC(C)(C(=O)O)S(=O)C1CCOC2(CCOCC2)C1. The van der Waals surface area contributed by atoms with Crippen LogP contribution in [0.3, 0.4) is 0 Å². The van der Waals surface area contributed by atoms with E-state index in [1.165, 1.54) is 13.8 Å². The number of carbonyl (C=O) groups is 1. The Morgan fingerprint density at radius 1 is 1.32 bits per heavy atom. The summed E-state index contributed by atoms with van der Waals surface area (Å²) in [5.74, 6) is -1.00. The van der Waals surface area contributed by atoms with Gasteiger partial charge in [-0.05, 0) is 39.5 Å². The smallest absolute Gasteiger partial charge is 0.321 e. The highest BCUT2D eigenvalue weighted by atomic mass is 32.2. The second-order valence-electron chi connectivity index (χ2n) is 5.87. The van der Waals surface area contributed by atoms with Crippen LogP contribution >= 0.6 is 0 Å². The molecule has 6 heteroatoms. The number of aliphatic carboxylic acids is 1. The zero-order valence-electron chi connectivity index (χ0n) is 11.5. The van der Waals surface area contributed by atoms with Crippen molar-refractivity contribution in [2.24, 2.45) is 0 Å². The molecule has 19 heavy (non-hydrogen) atoms. The summed E-state index contributed by atoms with van der Waals surface area (Å²) in [6.45, 7) is 4.98. The maximum Gasteiger partial charge on any atom is 0.321 e. The van der Waals surface area contributed by atoms with E-state index in [1.54, 1.807) is 0 Å². The fourth-order valence-electron chi connectivity index (χ4n) is 2.76. The standard InChI is InChI=1S/C13H22O5S/c1-12(2,11(14)15)19(16)10-3-6-18-13(9-10)4-7-17-8-5-13/h10H,3-9H2,1-2H3,(H,14,15). The predicted molar refractivity (Wildman–Crippen MR) is 71.6 cm³/mol. The molecule has 110 valence electrons. The van der Waals surface area contributed by atoms with Crippen LogP contribution in [0.1, 0.15) is 39.5 Å². The third-order valence-electron chi connectivity index (χ3n) is 4.17. The first-order valence-electron chi connectivity index (χ1n) is 6.73. The van der Waals surface area contributed by atoms with Crippen LogP contribution in [0.5, 0.6) is 0 Å². The van der Waals surface area contributed by atoms with Crippen molar-refractivity contribution in [2.75, 3.05) is 19.8 Å². The zero-order valence-corrected chi connectivity index (χ0v) is 12.3. The van der Waals surface area contributed by atoms with Crippen LogP contribution in [0.4, 0.5) is 0 Å². The first-order valence-corrected chi connectivity index (χ1v) is 7.94. The molecule has 0 aliphatic carbocycles. The summed E-state index contributed by atoms with van der Waals surface area (Å²) in [7, 11) is -1.39. The van der Waals surface area contributed by atoms with E-state index in [9.17, 15) is 14.1 Å². The summed E-state index contributed by atoms with van der Waals surface area (Å²) in [6, 6.07) is 0. The summed E-state index contributed by atoms with van der Waals surface area (Å²) in [4.78, 5) is 11.2. The molecule has 1 N–H and O–H groups in total. The van der Waals surface area contributed by atoms with Crippen LogP contribution in [-0.2, 0) is 25.1 Å². The number of hydrogen-bond donors (Lipinski definition) is 1. The average molecular weight is 290 g/mol. The van der Waals surface area contributed by atoms with E-state index >= 15 is 0 Å². The molecule has 0 bridgehead atoms. The van der Waals surface area contributed by atoms with Crippen molar-refractivity contribution < 1.29 is 23.6 Å². The second-order valence-corrected chi connectivity index (χ2v) is 8.15. The fourth-order valence-corrected chi connectivity index (χ4v) is 4.53. The van der Waals surface area contributed by atoms with E-state index in [2.05, 4.69) is 0 Å². The number of ether oxygens (including phenoxy) is 2. The maximum atomic E-state index is 12.5. The normalized spacial score (nSPS) is 29.1. The summed E-state index contributed by atoms with van der Waals surface area (Å²) >= 11 is 0. The van der Waals surface area contributed by atoms with Gasteiger partial charge in [0.2, 0.25) is 0 Å². The quantitative estimate of drug-likeness (QED) is 0.849. The van der Waals surface area contributed by atoms with Gasteiger partial charge in [0.1, 0.15) is 4.75 Å². The van der Waals surface area contributed by atoms with Crippen molar-refractivity contribution in [2.45, 2.75) is 55.1 Å². The lowest BCUT2D eigenvalue weighted by Crippen LogP contribution is -2.50. The molecule has 0 aromatic rings. The lowest BCUT2D eigenvalue weighted by Gasteiger charge is -2.44. The van der Waals surface area contributed by atoms with E-state index in [0.717, 1.165) is 12.8 Å². The van der Waals surface area contributed by atoms with E-state index in [-0.39, 0.29) is 10.9 Å². The van der Waals surface area contributed by atoms with Crippen LogP contribution < -0.4 is 0 Å². The molecule has 0 aromatic heterocycles. The molecule has 0 saturated carbocycles. The summed E-state index contributed by atoms with van der Waals surface area (Å²) < 4.78 is 22.6. The van der Waals surface area contributed by atoms with Gasteiger partial charge in [0.15, 0.2) is 0 Å². The molecule has 2 fully saturated rings. The number of carboxylic acid groups (broad SMARTS) is 1. The van der Waals surface area contributed by atoms with Crippen molar-refractivity contribution in [3.63, 3.8) is 0 Å². The van der Waals surface area contributed by atoms with Gasteiger partial charge >= 0.3 is 5.97 Å². The van der Waals surface area contributed by atoms with Gasteiger partial charge in [-0.15, -0.1) is 0 Å². The Kier molecular flexibility index (Phi) is 4.32. The van der Waals surface area contributed by atoms with Gasteiger partial charge in [0.05, 0.1) is 5.60 Å². The monoisotopic (exact) mass is 290 g/mol. The van der Waals surface area contributed by atoms with Gasteiger partial charge < -0.3 is 14.6 Å². The van der Waals surface area contributed by atoms with Gasteiger partial charge in [-0.25, -0.2) is 0 Å². The van der Waals surface area contributed by atoms with Crippen LogP contribution in [0.2, 0.25) is 0 Å². The minimum Gasteiger partial charge on any atom is -0.480 e. The largest absolute Gasteiger partial charge is 0.480 e. The van der Waals surface area contributed by atoms with E-state index in [1.807, 2.05) is 0 Å². The minimum atomic E-state index is -1.39. The molecule has 2 aliphatic heterocycles. The minimum absolute atomic E-state index is 0.0991. The Morgan fingerprint density at radius 3 is 2.53 bits per heavy atom. The highest BCUT2D eigenvalue weighted by Gasteiger charge is 2.45. The van der Waals surface area contributed by atoms with Crippen molar-refractivity contribution in [3.05, 3.63) is 0 Å². The van der Waals surface area contributed by atoms with Gasteiger partial charge in [0.25, 0.3) is 0 Å². The number of hydrogen-bond acceptors (Lipinski definition) is 4. The Bertz CT molecular complexity index is 368. The van der Waals surface area contributed by atoms with Crippen LogP contribution in [0, 0.1) is 0 Å². The highest BCUT2D eigenvalue weighted by Crippen LogP contribution is 2.37. The Morgan fingerprint density at radius 2 is 1.95 bits per heavy atom. The highest BCUT2D eigenvalue weighted by molar-refractivity contribution is 7.87. The first-order chi connectivity index (χ1) is 8.87. The van der Waals surface area contributed by atoms with Crippen LogP contribution in [0.15, 0.2) is 0 Å². The Labute approximate surface area is 116 Å². The Hall–Kier alpha value is -0.460. The molecule has 2 rings (SSSR count). The van der Waals surface area contributed by atoms with Gasteiger partial charge in [-0.3, -0.25) is 9.00 Å². The van der Waals surface area contributed by atoms with Gasteiger partial charge in [-0.2, -0.15) is 0 Å². The number of rotatable bonds is 3. The predicted octanol–water partition coefficient (Wildman–Crippen LogP) is 1.33. The van der Waals surface area contributed by atoms with Crippen molar-refractivity contribution in [1.29, 1.82) is 0 Å². The third kappa shape index (κ3) is 3.01. The van der Waals surface area contributed by atoms with Crippen molar-refractivity contribution in [1.82, 2.24) is 0 Å². The molecule has 2 aliphatic rings. The van der Waals surface area contributed by atoms with Crippen LogP contribution in [-0.4, -0.2) is 50.7 Å². The molecule has 1 spiro atoms.